The van der Waals surface area contributed by atoms with E-state index in [1.54, 1.807) is 0 Å². The van der Waals surface area contributed by atoms with Gasteiger partial charge in [0.2, 0.25) is 0 Å². The van der Waals surface area contributed by atoms with Crippen LogP contribution in [0.3, 0.4) is 0 Å². The Morgan fingerprint density at radius 3 is 1.15 bits per heavy atom. The van der Waals surface area contributed by atoms with Crippen molar-refractivity contribution in [2.24, 2.45) is 0 Å². The number of hydrogen-bond acceptors (Lipinski definition) is 6. The fourth-order valence-electron chi connectivity index (χ4n) is 13.9. The van der Waals surface area contributed by atoms with E-state index in [1.807, 2.05) is 6.07 Å². The third-order valence-corrected chi connectivity index (χ3v) is 18.0. The molecular weight excluding hydrogens is 1080 g/mol. The molecule has 18 rings (SSSR count). The van der Waals surface area contributed by atoms with Crippen LogP contribution in [0.2, 0.25) is 0 Å². The number of para-hydroxylation sites is 6. The molecule has 18 aromatic rings. The summed E-state index contributed by atoms with van der Waals surface area (Å²) in [6.45, 7) is 4.34. The number of hydrogen-bond donors (Lipinski definition) is 0. The van der Waals surface area contributed by atoms with Gasteiger partial charge in [0.25, 0.3) is 0 Å². The van der Waals surface area contributed by atoms with E-state index in [0.717, 1.165) is 182 Å². The van der Waals surface area contributed by atoms with Gasteiger partial charge in [-0.1, -0.05) is 200 Å². The Bertz CT molecular complexity index is 5850. The van der Waals surface area contributed by atoms with Gasteiger partial charge < -0.3 is 27.5 Å². The molecule has 6 nitrogen and oxygen atoms in total. The predicted octanol–water partition coefficient (Wildman–Crippen LogP) is 24.1. The lowest BCUT2D eigenvalue weighted by Gasteiger charge is -2.27. The van der Waals surface area contributed by atoms with Crippen LogP contribution >= 0.6 is 0 Å². The smallest absolute Gasteiger partial charge is 0.179 e. The van der Waals surface area contributed by atoms with Crippen molar-refractivity contribution in [3.8, 4) is 33.4 Å². The average molecular weight is 1130 g/mol. The number of nitrogens with zero attached hydrogens (tertiary/aromatic N) is 2. The first-order valence-corrected chi connectivity index (χ1v) is 30.0. The lowest BCUT2D eigenvalue weighted by atomic mass is 9.95. The lowest BCUT2D eigenvalue weighted by Crippen LogP contribution is -2.11. The maximum atomic E-state index is 7.20. The zero-order chi connectivity index (χ0) is 58.1. The second-order valence-electron chi connectivity index (χ2n) is 23.2. The van der Waals surface area contributed by atoms with Crippen molar-refractivity contribution in [1.29, 1.82) is 0 Å². The van der Waals surface area contributed by atoms with Crippen LogP contribution in [0.1, 0.15) is 11.1 Å². The van der Waals surface area contributed by atoms with Crippen LogP contribution in [0.5, 0.6) is 0 Å². The van der Waals surface area contributed by atoms with Crippen molar-refractivity contribution in [3.05, 3.63) is 290 Å². The molecule has 4 aromatic heterocycles. The fraction of sp³-hybridized carbons (Fsp3) is 0.0244. The molecule has 0 atom stereocenters. The van der Waals surface area contributed by atoms with Crippen molar-refractivity contribution in [1.82, 2.24) is 0 Å². The Balaban J connectivity index is 0.797. The molecule has 14 aromatic carbocycles. The molecule has 4 heterocycles. The van der Waals surface area contributed by atoms with Crippen molar-refractivity contribution < 1.29 is 17.7 Å². The van der Waals surface area contributed by atoms with Gasteiger partial charge in [-0.15, -0.1) is 0 Å². The summed E-state index contributed by atoms with van der Waals surface area (Å²) in [5.74, 6) is 0. The average Bonchev–Trinajstić information content (AvgIpc) is 1.74. The second kappa shape index (κ2) is 19.5. The third kappa shape index (κ3) is 7.68. The van der Waals surface area contributed by atoms with Gasteiger partial charge in [0.1, 0.15) is 22.3 Å². The summed E-state index contributed by atoms with van der Waals surface area (Å²) in [6, 6.07) is 99.3. The first-order valence-electron chi connectivity index (χ1n) is 30.0. The Morgan fingerprint density at radius 1 is 0.239 bits per heavy atom. The largest absolute Gasteiger partial charge is 0.453 e. The van der Waals surface area contributed by atoms with Gasteiger partial charge in [0.05, 0.1) is 11.4 Å². The van der Waals surface area contributed by atoms with Gasteiger partial charge in [-0.05, 0) is 148 Å². The van der Waals surface area contributed by atoms with Crippen LogP contribution in [0.25, 0.3) is 143 Å². The van der Waals surface area contributed by atoms with E-state index in [-0.39, 0.29) is 0 Å². The minimum atomic E-state index is 0.717. The first-order chi connectivity index (χ1) is 43.5. The normalized spacial score (nSPS) is 12.0. The maximum absolute atomic E-state index is 7.20. The van der Waals surface area contributed by atoms with E-state index in [1.165, 1.54) is 0 Å². The van der Waals surface area contributed by atoms with E-state index >= 15 is 0 Å². The van der Waals surface area contributed by atoms with Crippen LogP contribution in [0.4, 0.5) is 34.1 Å². The summed E-state index contributed by atoms with van der Waals surface area (Å²) < 4.78 is 28.4. The van der Waals surface area contributed by atoms with E-state index in [4.69, 9.17) is 17.7 Å². The summed E-state index contributed by atoms with van der Waals surface area (Å²) in [4.78, 5) is 4.68. The fourth-order valence-corrected chi connectivity index (χ4v) is 13.9. The number of furan rings is 4. The Labute approximate surface area is 505 Å². The highest BCUT2D eigenvalue weighted by molar-refractivity contribution is 6.26. The monoisotopic (exact) mass is 1130 g/mol. The molecule has 0 aliphatic heterocycles. The van der Waals surface area contributed by atoms with Crippen molar-refractivity contribution in [2.75, 3.05) is 9.80 Å². The lowest BCUT2D eigenvalue weighted by molar-refractivity contribution is 0.634. The number of fused-ring (bicyclic) bond motifs is 15. The van der Waals surface area contributed by atoms with Gasteiger partial charge in [-0.25, -0.2) is 0 Å². The third-order valence-electron chi connectivity index (χ3n) is 18.0. The molecule has 0 N–H and O–H groups in total. The molecule has 0 radical (unpaired) electrons. The maximum Gasteiger partial charge on any atom is 0.179 e. The summed E-state index contributed by atoms with van der Waals surface area (Å²) in [5, 5.41) is 12.6. The number of benzene rings is 14. The highest BCUT2D eigenvalue weighted by Gasteiger charge is 2.27. The van der Waals surface area contributed by atoms with E-state index < -0.39 is 0 Å². The first kappa shape index (κ1) is 49.8. The van der Waals surface area contributed by atoms with Gasteiger partial charge in [-0.3, -0.25) is 0 Å². The summed E-state index contributed by atoms with van der Waals surface area (Å²) in [6.07, 6.45) is 0. The van der Waals surface area contributed by atoms with E-state index in [0.29, 0.717) is 5.58 Å². The van der Waals surface area contributed by atoms with E-state index in [9.17, 15) is 0 Å². The van der Waals surface area contributed by atoms with Gasteiger partial charge in [0.15, 0.2) is 22.3 Å². The van der Waals surface area contributed by atoms with Crippen LogP contribution in [-0.2, 0) is 0 Å². The molecule has 88 heavy (non-hydrogen) atoms. The molecule has 0 saturated carbocycles. The molecule has 0 unspecified atom stereocenters. The summed E-state index contributed by atoms with van der Waals surface area (Å²) in [7, 11) is 0. The van der Waals surface area contributed by atoms with E-state index in [2.05, 4.69) is 297 Å². The van der Waals surface area contributed by atoms with Gasteiger partial charge >= 0.3 is 0 Å². The molecule has 0 fully saturated rings. The molecule has 0 aliphatic carbocycles. The van der Waals surface area contributed by atoms with Crippen molar-refractivity contribution >= 4 is 143 Å². The zero-order valence-electron chi connectivity index (χ0n) is 48.1. The van der Waals surface area contributed by atoms with Crippen molar-refractivity contribution in [2.45, 2.75) is 13.8 Å². The molecule has 0 saturated heterocycles. The van der Waals surface area contributed by atoms with Crippen LogP contribution < -0.4 is 9.80 Å². The molecular formula is C82H52N2O4. The second-order valence-corrected chi connectivity index (χ2v) is 23.2. The van der Waals surface area contributed by atoms with Crippen LogP contribution in [0, 0.1) is 13.8 Å². The molecule has 6 heteroatoms. The van der Waals surface area contributed by atoms with Gasteiger partial charge in [-0.2, -0.15) is 0 Å². The Hall–Kier alpha value is -11.6. The highest BCUT2D eigenvalue weighted by atomic mass is 16.4. The minimum Gasteiger partial charge on any atom is -0.453 e. The Kier molecular flexibility index (Phi) is 11.0. The molecule has 414 valence electrons. The molecule has 0 amide bonds. The van der Waals surface area contributed by atoms with Crippen molar-refractivity contribution in [3.63, 3.8) is 0 Å². The van der Waals surface area contributed by atoms with Gasteiger partial charge in [0, 0.05) is 77.0 Å². The standard InChI is InChI=1S/C82H52N2O4/c1-49-20-12-14-34-70(49)83(72-36-18-32-64-62-30-16-28-60(77(62)87-79(64)72)51-22-6-3-7-23-51)58-40-38-54-44-67-68-48-66(53-26-10-5-11-27-53)76-69-45-55-39-41-59(43-57(55)47-75(69)86-82(76)81(68)85-74(67)46-56(54)42-58)84(71-35-15-13-21-50(71)2)73-37-19-33-65-63-31-17-29-61(78(63)88-80(65)73)52-24-8-4-9-25-52/h3-48H,1-2H3. The number of anilines is 6. The summed E-state index contributed by atoms with van der Waals surface area (Å²) in [5.41, 5.74) is 21.3. The van der Waals surface area contributed by atoms with Crippen LogP contribution in [0.15, 0.2) is 297 Å². The zero-order valence-corrected chi connectivity index (χ0v) is 48.1. The number of rotatable bonds is 9. The topological polar surface area (TPSA) is 59.0 Å². The molecule has 0 bridgehead atoms. The quantitative estimate of drug-likeness (QED) is 0.144. The highest BCUT2D eigenvalue weighted by Crippen LogP contribution is 2.50. The minimum absolute atomic E-state index is 0.717. The van der Waals surface area contributed by atoms with Crippen LogP contribution in [-0.4, -0.2) is 0 Å². The molecule has 0 spiro atoms. The SMILES string of the molecule is Cc1ccccc1N(c1ccc2cc3c(cc2c1)oc1c3cc(-c2ccccc2)c2c3cc4ccc(N(c5ccccc5C)c5cccc6c5oc5c(-c7ccccc7)cccc56)cc4cc3oc12)c1cccc2c1oc1c(-c3ccccc3)cccc12. The number of aryl methyl sites for hydroxylation is 2. The summed E-state index contributed by atoms with van der Waals surface area (Å²) >= 11 is 0. The molecule has 0 aliphatic rings. The predicted molar refractivity (Wildman–Crippen MR) is 366 cm³/mol. The Morgan fingerprint density at radius 2 is 0.648 bits per heavy atom.